The molecule has 0 aromatic heterocycles. The fourth-order valence-electron chi connectivity index (χ4n) is 2.79. The molecule has 0 fully saturated rings. The van der Waals surface area contributed by atoms with Crippen molar-refractivity contribution in [2.75, 3.05) is 13.2 Å². The fourth-order valence-corrected chi connectivity index (χ4v) is 3.86. The average Bonchev–Trinajstić information content (AvgIpc) is 2.69. The van der Waals surface area contributed by atoms with Gasteiger partial charge in [0, 0.05) is 16.9 Å². The number of hydrogen-bond donors (Lipinski definition) is 0. The predicted octanol–water partition coefficient (Wildman–Crippen LogP) is 6.29. The van der Waals surface area contributed by atoms with Crippen molar-refractivity contribution in [2.24, 2.45) is 11.8 Å². The Hall–Kier alpha value is -1.68. The maximum absolute atomic E-state index is 13.4. The standard InChI is InChI=1S/C23H25F6O3P.Li.H/c1-13(2)11-31-15-8-9-19(18(10-15)32-12-14(3)4)33-21(30)20-16(22(24,25)26)6-5-7-17(20)23(27,28)29;;/h5-10,13-14,33H,11-12H2,1-4H3;;. The molecule has 3 nitrogen and oxygen atoms in total. The first-order valence-electron chi connectivity index (χ1n) is 10.2. The van der Waals surface area contributed by atoms with E-state index in [1.54, 1.807) is 0 Å². The van der Waals surface area contributed by atoms with Crippen molar-refractivity contribution >= 4 is 38.3 Å². The summed E-state index contributed by atoms with van der Waals surface area (Å²) in [4.78, 5) is 12.9. The van der Waals surface area contributed by atoms with E-state index in [0.717, 1.165) is 0 Å². The van der Waals surface area contributed by atoms with E-state index in [9.17, 15) is 31.1 Å². The summed E-state index contributed by atoms with van der Waals surface area (Å²) in [5.41, 5.74) is -5.89. The van der Waals surface area contributed by atoms with Crippen LogP contribution in [-0.2, 0) is 12.4 Å². The summed E-state index contributed by atoms with van der Waals surface area (Å²) in [5, 5.41) is 0.197. The van der Waals surface area contributed by atoms with Crippen LogP contribution in [0.2, 0.25) is 0 Å². The maximum atomic E-state index is 13.4. The summed E-state index contributed by atoms with van der Waals surface area (Å²) in [6.45, 7) is 8.29. The summed E-state index contributed by atoms with van der Waals surface area (Å²) in [7, 11) is -1.02. The van der Waals surface area contributed by atoms with Gasteiger partial charge in [0.2, 0.25) is 0 Å². The van der Waals surface area contributed by atoms with Gasteiger partial charge in [0.15, 0.2) is 5.52 Å². The molecule has 184 valence electrons. The average molecular weight is 502 g/mol. The van der Waals surface area contributed by atoms with Crippen LogP contribution in [0.1, 0.15) is 49.2 Å². The number of carbonyl (C=O) groups is 1. The zero-order valence-corrected chi connectivity index (χ0v) is 19.5. The van der Waals surface area contributed by atoms with Crippen LogP contribution in [0.15, 0.2) is 36.4 Å². The van der Waals surface area contributed by atoms with Gasteiger partial charge in [-0.05, 0) is 44.7 Å². The van der Waals surface area contributed by atoms with Gasteiger partial charge in [0.05, 0.1) is 24.3 Å². The number of hydrogen-bond acceptors (Lipinski definition) is 3. The van der Waals surface area contributed by atoms with Crippen LogP contribution in [0.5, 0.6) is 11.5 Å². The van der Waals surface area contributed by atoms with Gasteiger partial charge < -0.3 is 9.47 Å². The molecule has 0 bridgehead atoms. The first-order chi connectivity index (χ1) is 15.2. The molecule has 0 heterocycles. The molecule has 11 heteroatoms. The van der Waals surface area contributed by atoms with Crippen LogP contribution >= 0.6 is 8.58 Å². The van der Waals surface area contributed by atoms with E-state index >= 15 is 0 Å². The molecule has 34 heavy (non-hydrogen) atoms. The second-order valence-electron chi connectivity index (χ2n) is 8.25. The van der Waals surface area contributed by atoms with Crippen molar-refractivity contribution < 1.29 is 40.6 Å². The van der Waals surface area contributed by atoms with E-state index in [1.807, 2.05) is 27.7 Å². The van der Waals surface area contributed by atoms with Gasteiger partial charge in [-0.15, -0.1) is 0 Å². The van der Waals surface area contributed by atoms with Crippen molar-refractivity contribution in [1.82, 2.24) is 0 Å². The van der Waals surface area contributed by atoms with E-state index in [4.69, 9.17) is 9.47 Å². The third kappa shape index (κ3) is 8.52. The summed E-state index contributed by atoms with van der Waals surface area (Å²) in [6, 6.07) is 6.05. The molecular weight excluding hydrogens is 476 g/mol. The van der Waals surface area contributed by atoms with Crippen LogP contribution < -0.4 is 14.8 Å². The Balaban J connectivity index is 0.00000578. The number of benzene rings is 2. The number of ether oxygens (including phenoxy) is 2. The molecule has 1 unspecified atom stereocenters. The van der Waals surface area contributed by atoms with E-state index in [1.165, 1.54) is 18.2 Å². The van der Waals surface area contributed by atoms with Crippen molar-refractivity contribution in [3.05, 3.63) is 53.1 Å². The number of alkyl halides is 6. The quantitative estimate of drug-likeness (QED) is 0.230. The van der Waals surface area contributed by atoms with Gasteiger partial charge in [0.1, 0.15) is 11.5 Å². The van der Waals surface area contributed by atoms with E-state index in [2.05, 4.69) is 0 Å². The molecule has 0 saturated carbocycles. The van der Waals surface area contributed by atoms with Gasteiger partial charge in [0.25, 0.3) is 0 Å². The Labute approximate surface area is 208 Å². The molecule has 0 aliphatic heterocycles. The van der Waals surface area contributed by atoms with Crippen LogP contribution in [0.25, 0.3) is 0 Å². The molecule has 0 N–H and O–H groups in total. The monoisotopic (exact) mass is 502 g/mol. The molecule has 0 aliphatic rings. The molecule has 0 radical (unpaired) electrons. The molecule has 2 aromatic rings. The Morgan fingerprint density at radius 2 is 1.35 bits per heavy atom. The molecular formula is C23H26F6LiO3P. The molecule has 2 aromatic carbocycles. The molecule has 2 rings (SSSR count). The van der Waals surface area contributed by atoms with Crippen molar-refractivity contribution in [1.29, 1.82) is 0 Å². The van der Waals surface area contributed by atoms with Gasteiger partial charge in [-0.2, -0.15) is 26.3 Å². The fraction of sp³-hybridized carbons (Fsp3) is 0.435. The van der Waals surface area contributed by atoms with E-state index in [-0.39, 0.29) is 48.4 Å². The molecule has 1 atom stereocenters. The number of carbonyl (C=O) groups excluding carboxylic acids is 1. The molecule has 0 saturated heterocycles. The minimum atomic E-state index is -5.12. The van der Waals surface area contributed by atoms with Crippen molar-refractivity contribution in [3.8, 4) is 11.5 Å². The van der Waals surface area contributed by atoms with Crippen molar-refractivity contribution in [2.45, 2.75) is 40.0 Å². The van der Waals surface area contributed by atoms with E-state index in [0.29, 0.717) is 30.6 Å². The number of halogens is 6. The van der Waals surface area contributed by atoms with Crippen LogP contribution in [-0.4, -0.2) is 37.6 Å². The van der Waals surface area contributed by atoms with Gasteiger partial charge in [-0.25, -0.2) is 0 Å². The Bertz CT molecular complexity index is 942. The van der Waals surface area contributed by atoms with Gasteiger partial charge >= 0.3 is 31.2 Å². The van der Waals surface area contributed by atoms with Gasteiger partial charge in [-0.1, -0.05) is 33.8 Å². The van der Waals surface area contributed by atoms with Crippen LogP contribution in [0.3, 0.4) is 0 Å². The topological polar surface area (TPSA) is 35.5 Å². The Kier molecular flexibility index (Phi) is 11.0. The summed E-state index contributed by atoms with van der Waals surface area (Å²) < 4.78 is 92.0. The molecule has 0 spiro atoms. The summed E-state index contributed by atoms with van der Waals surface area (Å²) >= 11 is 0. The van der Waals surface area contributed by atoms with E-state index < -0.39 is 43.1 Å². The summed E-state index contributed by atoms with van der Waals surface area (Å²) in [5.74, 6) is 0.942. The normalized spacial score (nSPS) is 12.4. The minimum absolute atomic E-state index is 0. The SMILES string of the molecule is CC(C)COc1ccc(PC(=O)c2c(C(F)(F)F)cccc2C(F)(F)F)c(OCC(C)C)c1.[LiH]. The first kappa shape index (κ1) is 30.3. The number of rotatable bonds is 9. The predicted molar refractivity (Wildman–Crippen MR) is 123 cm³/mol. The molecule has 0 aliphatic carbocycles. The summed E-state index contributed by atoms with van der Waals surface area (Å²) in [6.07, 6.45) is -10.2. The third-order valence-corrected chi connectivity index (χ3v) is 5.42. The second kappa shape index (κ2) is 12.3. The first-order valence-corrected chi connectivity index (χ1v) is 11.2. The third-order valence-electron chi connectivity index (χ3n) is 4.26. The zero-order chi connectivity index (χ0) is 25.0. The molecule has 0 amide bonds. The van der Waals surface area contributed by atoms with Crippen molar-refractivity contribution in [3.63, 3.8) is 0 Å². The van der Waals surface area contributed by atoms with Gasteiger partial charge in [-0.3, -0.25) is 4.79 Å². The second-order valence-corrected chi connectivity index (χ2v) is 9.49. The van der Waals surface area contributed by atoms with Crippen LogP contribution in [0.4, 0.5) is 26.3 Å². The van der Waals surface area contributed by atoms with Crippen LogP contribution in [0, 0.1) is 11.8 Å². The Morgan fingerprint density at radius 1 is 0.853 bits per heavy atom. The Morgan fingerprint density at radius 3 is 1.82 bits per heavy atom. The zero-order valence-electron chi connectivity index (χ0n) is 18.5.